The Morgan fingerprint density at radius 2 is 2.43 bits per heavy atom. The summed E-state index contributed by atoms with van der Waals surface area (Å²) in [4.78, 5) is 0. The second-order valence-corrected chi connectivity index (χ2v) is 1.52. The third-order valence-electron chi connectivity index (χ3n) is 0.625. The van der Waals surface area contributed by atoms with Gasteiger partial charge in [0.05, 0.1) is 6.26 Å². The molecule has 0 unspecified atom stereocenters. The van der Waals surface area contributed by atoms with Gasteiger partial charge in [-0.15, -0.1) is 12.6 Å². The van der Waals surface area contributed by atoms with Gasteiger partial charge in [-0.05, 0) is 0 Å². The summed E-state index contributed by atoms with van der Waals surface area (Å²) in [6, 6.07) is 1.43. The Morgan fingerprint density at radius 1 is 1.71 bits per heavy atom. The Hall–Kier alpha value is -0.570. The fourth-order valence-corrected chi connectivity index (χ4v) is 0.430. The quantitative estimate of drug-likeness (QED) is 0.500. The average molecular weight is 116 g/mol. The SMILES string of the molecule is Oc1ccoc1S. The number of rotatable bonds is 0. The van der Waals surface area contributed by atoms with Crippen LogP contribution in [0.4, 0.5) is 0 Å². The number of aromatic hydroxyl groups is 1. The molecule has 1 aromatic rings. The molecule has 0 aliphatic rings. The van der Waals surface area contributed by atoms with Crippen molar-refractivity contribution in [2.24, 2.45) is 0 Å². The fourth-order valence-electron chi connectivity index (χ4n) is 0.295. The van der Waals surface area contributed by atoms with Crippen molar-refractivity contribution in [3.8, 4) is 5.75 Å². The van der Waals surface area contributed by atoms with Crippen LogP contribution < -0.4 is 0 Å². The molecule has 0 fully saturated rings. The van der Waals surface area contributed by atoms with Crippen LogP contribution in [0.5, 0.6) is 5.75 Å². The Labute approximate surface area is 46.2 Å². The standard InChI is InChI=1S/C4H4O2S/c5-3-1-2-6-4(3)7/h1-2,5,7H. The first kappa shape index (κ1) is 4.59. The van der Waals surface area contributed by atoms with Crippen molar-refractivity contribution in [2.45, 2.75) is 5.09 Å². The normalized spacial score (nSPS) is 9.29. The number of hydrogen-bond donors (Lipinski definition) is 2. The van der Waals surface area contributed by atoms with Gasteiger partial charge in [0, 0.05) is 6.07 Å². The molecular weight excluding hydrogens is 112 g/mol. The van der Waals surface area contributed by atoms with E-state index in [1.165, 1.54) is 12.3 Å². The maximum absolute atomic E-state index is 8.59. The molecule has 1 heterocycles. The molecule has 0 saturated carbocycles. The Kier molecular flexibility index (Phi) is 0.982. The van der Waals surface area contributed by atoms with E-state index in [1.807, 2.05) is 0 Å². The summed E-state index contributed by atoms with van der Waals surface area (Å²) in [5.74, 6) is 0.0864. The van der Waals surface area contributed by atoms with E-state index >= 15 is 0 Å². The van der Waals surface area contributed by atoms with Gasteiger partial charge >= 0.3 is 0 Å². The minimum Gasteiger partial charge on any atom is -0.504 e. The van der Waals surface area contributed by atoms with Crippen molar-refractivity contribution in [3.05, 3.63) is 12.3 Å². The molecule has 3 heteroatoms. The number of hydrogen-bond acceptors (Lipinski definition) is 3. The Bertz CT molecular complexity index is 142. The molecule has 0 radical (unpaired) electrons. The summed E-state index contributed by atoms with van der Waals surface area (Å²) in [6.45, 7) is 0. The highest BCUT2D eigenvalue weighted by atomic mass is 32.1. The Balaban J connectivity index is 3.12. The van der Waals surface area contributed by atoms with Crippen LogP contribution in [0.2, 0.25) is 0 Å². The molecule has 0 bridgehead atoms. The fraction of sp³-hybridized carbons (Fsp3) is 0. The van der Waals surface area contributed by atoms with Crippen molar-refractivity contribution in [2.75, 3.05) is 0 Å². The van der Waals surface area contributed by atoms with Crippen LogP contribution in [-0.2, 0) is 0 Å². The second-order valence-electron chi connectivity index (χ2n) is 1.11. The molecule has 38 valence electrons. The summed E-state index contributed by atoms with van der Waals surface area (Å²) >= 11 is 3.73. The third kappa shape index (κ3) is 0.718. The van der Waals surface area contributed by atoms with Gasteiger partial charge in [0.15, 0.2) is 10.8 Å². The van der Waals surface area contributed by atoms with E-state index in [1.54, 1.807) is 0 Å². The monoisotopic (exact) mass is 116 g/mol. The molecule has 7 heavy (non-hydrogen) atoms. The van der Waals surface area contributed by atoms with E-state index < -0.39 is 0 Å². The Morgan fingerprint density at radius 3 is 2.57 bits per heavy atom. The lowest BCUT2D eigenvalue weighted by Crippen LogP contribution is -1.50. The first-order valence-corrected chi connectivity index (χ1v) is 2.21. The lowest BCUT2D eigenvalue weighted by Gasteiger charge is -1.77. The zero-order valence-corrected chi connectivity index (χ0v) is 4.35. The second kappa shape index (κ2) is 1.50. The van der Waals surface area contributed by atoms with Crippen molar-refractivity contribution < 1.29 is 9.52 Å². The van der Waals surface area contributed by atoms with Gasteiger partial charge in [0.25, 0.3) is 0 Å². The first-order chi connectivity index (χ1) is 3.30. The molecule has 0 atom stereocenters. The van der Waals surface area contributed by atoms with Crippen molar-refractivity contribution >= 4 is 12.6 Å². The molecule has 0 aliphatic heterocycles. The lowest BCUT2D eigenvalue weighted by atomic mass is 10.6. The van der Waals surface area contributed by atoms with Gasteiger partial charge in [-0.2, -0.15) is 0 Å². The summed E-state index contributed by atoms with van der Waals surface area (Å²) in [6.07, 6.45) is 1.37. The highest BCUT2D eigenvalue weighted by Gasteiger charge is 1.93. The minimum atomic E-state index is 0.0864. The van der Waals surface area contributed by atoms with E-state index in [4.69, 9.17) is 5.11 Å². The molecule has 2 nitrogen and oxygen atoms in total. The van der Waals surface area contributed by atoms with Crippen LogP contribution in [0.15, 0.2) is 21.8 Å². The molecule has 0 spiro atoms. The van der Waals surface area contributed by atoms with Crippen molar-refractivity contribution in [3.63, 3.8) is 0 Å². The van der Waals surface area contributed by atoms with Gasteiger partial charge in [-0.25, -0.2) is 0 Å². The van der Waals surface area contributed by atoms with Crippen LogP contribution in [0, 0.1) is 0 Å². The molecule has 0 aromatic carbocycles. The molecular formula is C4H4O2S. The van der Waals surface area contributed by atoms with Gasteiger partial charge in [0.1, 0.15) is 0 Å². The summed E-state index contributed by atoms with van der Waals surface area (Å²) in [5.41, 5.74) is 0. The highest BCUT2D eigenvalue weighted by molar-refractivity contribution is 7.80. The van der Waals surface area contributed by atoms with Crippen LogP contribution in [-0.4, -0.2) is 5.11 Å². The maximum atomic E-state index is 8.59. The molecule has 1 rings (SSSR count). The predicted octanol–water partition coefficient (Wildman–Crippen LogP) is 1.27. The van der Waals surface area contributed by atoms with E-state index in [0.29, 0.717) is 0 Å². The van der Waals surface area contributed by atoms with E-state index in [0.717, 1.165) is 0 Å². The predicted molar refractivity (Wildman–Crippen MR) is 27.6 cm³/mol. The van der Waals surface area contributed by atoms with E-state index in [2.05, 4.69) is 17.0 Å². The van der Waals surface area contributed by atoms with Gasteiger partial charge < -0.3 is 9.52 Å². The largest absolute Gasteiger partial charge is 0.504 e. The first-order valence-electron chi connectivity index (χ1n) is 1.76. The summed E-state index contributed by atoms with van der Waals surface area (Å²) in [5, 5.41) is 8.85. The zero-order valence-electron chi connectivity index (χ0n) is 3.46. The summed E-state index contributed by atoms with van der Waals surface area (Å²) < 4.78 is 4.58. The van der Waals surface area contributed by atoms with Crippen LogP contribution in [0.1, 0.15) is 0 Å². The van der Waals surface area contributed by atoms with Crippen molar-refractivity contribution in [1.29, 1.82) is 0 Å². The zero-order chi connectivity index (χ0) is 5.28. The molecule has 0 aliphatic carbocycles. The minimum absolute atomic E-state index is 0.0864. The number of thiol groups is 1. The van der Waals surface area contributed by atoms with Gasteiger partial charge in [-0.3, -0.25) is 0 Å². The lowest BCUT2D eigenvalue weighted by molar-refractivity contribution is 0.404. The third-order valence-corrected chi connectivity index (χ3v) is 0.959. The van der Waals surface area contributed by atoms with Gasteiger partial charge in [-0.1, -0.05) is 0 Å². The molecule has 0 amide bonds. The molecule has 0 saturated heterocycles. The van der Waals surface area contributed by atoms with E-state index in [9.17, 15) is 0 Å². The van der Waals surface area contributed by atoms with Crippen LogP contribution in [0.25, 0.3) is 0 Å². The molecule has 1 N–H and O–H groups in total. The number of furan rings is 1. The van der Waals surface area contributed by atoms with Crippen molar-refractivity contribution in [1.82, 2.24) is 0 Å². The molecule has 1 aromatic heterocycles. The maximum Gasteiger partial charge on any atom is 0.198 e. The topological polar surface area (TPSA) is 33.4 Å². The van der Waals surface area contributed by atoms with Crippen LogP contribution in [0.3, 0.4) is 0 Å². The van der Waals surface area contributed by atoms with E-state index in [-0.39, 0.29) is 10.8 Å². The highest BCUT2D eigenvalue weighted by Crippen LogP contribution is 2.20. The average Bonchev–Trinajstić information content (AvgIpc) is 1.91. The van der Waals surface area contributed by atoms with Gasteiger partial charge in [0.2, 0.25) is 0 Å². The smallest absolute Gasteiger partial charge is 0.198 e. The van der Waals surface area contributed by atoms with Crippen LogP contribution >= 0.6 is 12.6 Å². The summed E-state index contributed by atoms with van der Waals surface area (Å²) in [7, 11) is 0.